The molecule has 9 nitrogen and oxygen atoms in total. The van der Waals surface area contributed by atoms with Crippen LogP contribution in [0.4, 0.5) is 0 Å². The highest BCUT2D eigenvalue weighted by Crippen LogP contribution is 2.17. The number of carbonyl (C=O) groups excluding carboxylic acids is 2. The summed E-state index contributed by atoms with van der Waals surface area (Å²) >= 11 is 0. The van der Waals surface area contributed by atoms with Gasteiger partial charge in [0.05, 0.1) is 18.1 Å². The van der Waals surface area contributed by atoms with Crippen LogP contribution in [0.2, 0.25) is 0 Å². The van der Waals surface area contributed by atoms with Crippen molar-refractivity contribution >= 4 is 54.9 Å². The monoisotopic (exact) mass is 774 g/mol. The van der Waals surface area contributed by atoms with Crippen molar-refractivity contribution in [3.63, 3.8) is 0 Å². The molecule has 0 aliphatic carbocycles. The molecule has 0 rings (SSSR count). The Morgan fingerprint density at radius 1 is 0.500 bits per heavy atom. The van der Waals surface area contributed by atoms with E-state index in [2.05, 4.69) is 24.5 Å². The van der Waals surface area contributed by atoms with E-state index in [0.29, 0.717) is 38.6 Å². The van der Waals surface area contributed by atoms with Gasteiger partial charge in [0.15, 0.2) is 11.7 Å². The molecule has 0 saturated carbocycles. The van der Waals surface area contributed by atoms with Crippen LogP contribution in [0, 0.1) is 5.41 Å². The third kappa shape index (κ3) is 35.6. The van der Waals surface area contributed by atoms with E-state index in [9.17, 15) is 9.59 Å². The predicted octanol–water partition coefficient (Wildman–Crippen LogP) is 8.73. The Balaban J connectivity index is -0.00000353. The van der Waals surface area contributed by atoms with Gasteiger partial charge in [-0.05, 0) is 44.9 Å². The Morgan fingerprint density at radius 3 is 1.22 bits per heavy atom. The molecule has 11 N–H and O–H groups in total. The lowest BCUT2D eigenvalue weighted by atomic mass is 9.96. The lowest BCUT2D eigenvalue weighted by Gasteiger charge is -2.22. The van der Waals surface area contributed by atoms with Gasteiger partial charge in [0.2, 0.25) is 5.91 Å². The lowest BCUT2D eigenvalue weighted by molar-refractivity contribution is -0.123. The molecule has 302 valence electrons. The smallest absolute Gasteiger partial charge is 0.237 e. The molecule has 0 heterocycles. The Morgan fingerprint density at radius 2 is 0.840 bits per heavy atom. The largest absolute Gasteiger partial charge is 0.370 e. The first kappa shape index (κ1) is 55.9. The Kier molecular flexibility index (Phi) is 45.8. The van der Waals surface area contributed by atoms with E-state index < -0.39 is 18.1 Å². The number of hydrogen-bond donors (Lipinski definition) is 7. The number of nitrogens with two attached hydrogens (primary N) is 4. The molecule has 0 aliphatic heterocycles. The Labute approximate surface area is 326 Å². The standard InChI is InChI=1S/C38H79N7O2.3ClH/c1-3-5-7-9-11-13-15-17-19-21-23-27-32(26-22-20-18-16-14-12-10-8-6-4-2)45-37(47)35(41)29-24-28-33(39)36(46)34(40)30-25-31-44-38(42)43;;;/h32-35H,3-31,39-41H2,1-2H3,(H,45,47)(H4,42,43,44);3*1H/t32?,33?,34-,35-;;;/m0.../s1. The van der Waals surface area contributed by atoms with E-state index in [1.807, 2.05) is 0 Å². The summed E-state index contributed by atoms with van der Waals surface area (Å²) in [5, 5.41) is 13.2. The molecule has 0 spiro atoms. The molecule has 4 atom stereocenters. The molecular weight excluding hydrogens is 693 g/mol. The van der Waals surface area contributed by atoms with Crippen LogP contribution in [0.3, 0.4) is 0 Å². The third-order valence-corrected chi connectivity index (χ3v) is 9.51. The Hall–Kier alpha value is -0.840. The summed E-state index contributed by atoms with van der Waals surface area (Å²) in [6.45, 7) is 5.03. The van der Waals surface area contributed by atoms with Crippen LogP contribution in [0.5, 0.6) is 0 Å². The highest BCUT2D eigenvalue weighted by Gasteiger charge is 2.22. The third-order valence-electron chi connectivity index (χ3n) is 9.51. The second kappa shape index (κ2) is 40.9. The quantitative estimate of drug-likeness (QED) is 0.0191. The highest BCUT2D eigenvalue weighted by molar-refractivity contribution is 5.88. The number of amides is 1. The van der Waals surface area contributed by atoms with Crippen molar-refractivity contribution < 1.29 is 9.59 Å². The summed E-state index contributed by atoms with van der Waals surface area (Å²) in [5.41, 5.74) is 23.7. The maximum absolute atomic E-state index is 13.1. The van der Waals surface area contributed by atoms with Crippen LogP contribution in [0.25, 0.3) is 0 Å². The minimum atomic E-state index is -0.661. The number of halogens is 3. The fourth-order valence-electron chi connectivity index (χ4n) is 6.32. The first-order valence-electron chi connectivity index (χ1n) is 19.9. The van der Waals surface area contributed by atoms with Gasteiger partial charge in [0, 0.05) is 12.6 Å². The van der Waals surface area contributed by atoms with Crippen molar-refractivity contribution in [3.8, 4) is 0 Å². The van der Waals surface area contributed by atoms with Crippen molar-refractivity contribution in [3.05, 3.63) is 0 Å². The number of ketones is 1. The summed E-state index contributed by atoms with van der Waals surface area (Å²) in [6, 6.07) is -1.72. The SMILES string of the molecule is CCCCCCCCCCCCCC(CCCCCCCCCCCC)NC(=O)[C@@H](N)CCCC(N)C(=O)[C@@H](N)CCCNC(=N)N.Cl.Cl.Cl. The van der Waals surface area contributed by atoms with Crippen LogP contribution in [-0.2, 0) is 9.59 Å². The van der Waals surface area contributed by atoms with Gasteiger partial charge in [-0.25, -0.2) is 0 Å². The maximum Gasteiger partial charge on any atom is 0.237 e. The van der Waals surface area contributed by atoms with Gasteiger partial charge < -0.3 is 33.6 Å². The molecule has 0 aromatic carbocycles. The molecule has 0 aliphatic rings. The maximum atomic E-state index is 13.1. The van der Waals surface area contributed by atoms with E-state index in [-0.39, 0.29) is 60.9 Å². The number of rotatable bonds is 35. The second-order valence-electron chi connectivity index (χ2n) is 14.1. The van der Waals surface area contributed by atoms with E-state index in [1.165, 1.54) is 122 Å². The van der Waals surface area contributed by atoms with Gasteiger partial charge in [-0.1, -0.05) is 149 Å². The number of unbranched alkanes of at least 4 members (excludes halogenated alkanes) is 19. The van der Waals surface area contributed by atoms with Crippen molar-refractivity contribution in [1.82, 2.24) is 10.6 Å². The summed E-state index contributed by atoms with van der Waals surface area (Å²) < 4.78 is 0. The average Bonchev–Trinajstić information content (AvgIpc) is 3.05. The minimum Gasteiger partial charge on any atom is -0.370 e. The summed E-state index contributed by atoms with van der Waals surface area (Å²) in [5.74, 6) is -0.352. The van der Waals surface area contributed by atoms with Gasteiger partial charge in [-0.2, -0.15) is 0 Å². The van der Waals surface area contributed by atoms with Crippen molar-refractivity contribution in [1.29, 1.82) is 5.41 Å². The number of nitrogens with one attached hydrogen (secondary N) is 3. The van der Waals surface area contributed by atoms with Gasteiger partial charge in [-0.3, -0.25) is 15.0 Å². The molecule has 0 radical (unpaired) electrons. The summed E-state index contributed by atoms with van der Waals surface area (Å²) in [4.78, 5) is 25.6. The molecule has 0 bridgehead atoms. The van der Waals surface area contributed by atoms with Gasteiger partial charge in [-0.15, -0.1) is 37.2 Å². The number of hydrogen-bond acceptors (Lipinski definition) is 6. The van der Waals surface area contributed by atoms with Crippen molar-refractivity contribution in [2.45, 2.75) is 218 Å². The minimum absolute atomic E-state index is 0. The number of guanidine groups is 1. The second-order valence-corrected chi connectivity index (χ2v) is 14.1. The molecule has 1 amide bonds. The topological polar surface area (TPSA) is 186 Å². The zero-order chi connectivity index (χ0) is 35.0. The van der Waals surface area contributed by atoms with E-state index in [4.69, 9.17) is 28.3 Å². The summed E-state index contributed by atoms with van der Waals surface area (Å²) in [7, 11) is 0. The van der Waals surface area contributed by atoms with Crippen LogP contribution >= 0.6 is 37.2 Å². The predicted molar refractivity (Wildman–Crippen MR) is 223 cm³/mol. The van der Waals surface area contributed by atoms with Crippen LogP contribution in [0.1, 0.15) is 194 Å². The first-order chi connectivity index (χ1) is 22.7. The van der Waals surface area contributed by atoms with Gasteiger partial charge >= 0.3 is 0 Å². The molecular formula is C38H82Cl3N7O2. The molecule has 0 aromatic rings. The number of Topliss-reactive ketones (excluding diaryl/α,β-unsaturated/α-hetero) is 1. The first-order valence-corrected chi connectivity index (χ1v) is 19.9. The van der Waals surface area contributed by atoms with Gasteiger partial charge in [0.1, 0.15) is 0 Å². The van der Waals surface area contributed by atoms with Crippen LogP contribution in [0.15, 0.2) is 0 Å². The van der Waals surface area contributed by atoms with Crippen LogP contribution < -0.4 is 33.6 Å². The summed E-state index contributed by atoms with van der Waals surface area (Å²) in [6.07, 6.45) is 32.3. The van der Waals surface area contributed by atoms with E-state index in [1.54, 1.807) is 0 Å². The van der Waals surface area contributed by atoms with Crippen molar-refractivity contribution in [2.24, 2.45) is 22.9 Å². The number of carbonyl (C=O) groups is 2. The van der Waals surface area contributed by atoms with Gasteiger partial charge in [0.25, 0.3) is 0 Å². The fraction of sp³-hybridized carbons (Fsp3) is 0.921. The average molecular weight is 775 g/mol. The fourth-order valence-corrected chi connectivity index (χ4v) is 6.32. The molecule has 0 fully saturated rings. The molecule has 12 heteroatoms. The molecule has 0 saturated heterocycles. The molecule has 50 heavy (non-hydrogen) atoms. The zero-order valence-electron chi connectivity index (χ0n) is 32.2. The zero-order valence-corrected chi connectivity index (χ0v) is 34.6. The normalized spacial score (nSPS) is 13.1. The molecule has 2 unspecified atom stereocenters. The van der Waals surface area contributed by atoms with Crippen LogP contribution in [-0.4, -0.2) is 48.4 Å². The highest BCUT2D eigenvalue weighted by atomic mass is 35.5. The Bertz CT molecular complexity index is 768. The van der Waals surface area contributed by atoms with Crippen molar-refractivity contribution in [2.75, 3.05) is 6.54 Å². The van der Waals surface area contributed by atoms with E-state index in [0.717, 1.165) is 25.7 Å². The lowest BCUT2D eigenvalue weighted by Crippen LogP contribution is -2.46. The molecule has 0 aromatic heterocycles. The van der Waals surface area contributed by atoms with E-state index >= 15 is 0 Å².